The van der Waals surface area contributed by atoms with E-state index in [4.69, 9.17) is 4.74 Å². The van der Waals surface area contributed by atoms with Crippen LogP contribution in [-0.4, -0.2) is 47.7 Å². The molecule has 2 aromatic heterocycles. The van der Waals surface area contributed by atoms with Gasteiger partial charge in [-0.25, -0.2) is 0 Å². The van der Waals surface area contributed by atoms with E-state index >= 15 is 0 Å². The number of likely N-dealkylation sites (tertiary alicyclic amines) is 1. The van der Waals surface area contributed by atoms with Gasteiger partial charge in [-0.15, -0.1) is 0 Å². The molecule has 1 aromatic carbocycles. The topological polar surface area (TPSA) is 41.1 Å². The van der Waals surface area contributed by atoms with E-state index in [0.29, 0.717) is 17.9 Å². The molecule has 0 amide bonds. The molecule has 1 aliphatic rings. The number of aromatic nitrogens is 2. The fourth-order valence-corrected chi connectivity index (χ4v) is 5.18. The third kappa shape index (κ3) is 4.70. The standard InChI is InChI=1S/C27H37N3O/c1-17(2)26-24-15-22(21-9-11-30(12-10-21)16-20(5)31-6)7-8-25(24)29-27(26)23-13-18(3)28-19(4)14-23/h7-8,13-15,17,20-21,29H,9-12,16H2,1-6H3. The van der Waals surface area contributed by atoms with E-state index in [1.54, 1.807) is 7.11 Å². The fraction of sp³-hybridized carbons (Fsp3) is 0.519. The summed E-state index contributed by atoms with van der Waals surface area (Å²) in [5.41, 5.74) is 8.78. The van der Waals surface area contributed by atoms with Crippen molar-refractivity contribution in [3.05, 3.63) is 52.8 Å². The minimum Gasteiger partial charge on any atom is -0.380 e. The van der Waals surface area contributed by atoms with Crippen molar-refractivity contribution in [3.8, 4) is 11.3 Å². The number of ether oxygens (including phenoxy) is 1. The van der Waals surface area contributed by atoms with E-state index in [-0.39, 0.29) is 0 Å². The number of H-pyrrole nitrogens is 1. The van der Waals surface area contributed by atoms with E-state index in [1.165, 1.54) is 46.1 Å². The summed E-state index contributed by atoms with van der Waals surface area (Å²) in [4.78, 5) is 10.8. The lowest BCUT2D eigenvalue weighted by Gasteiger charge is -2.33. The highest BCUT2D eigenvalue weighted by Gasteiger charge is 2.23. The van der Waals surface area contributed by atoms with Gasteiger partial charge in [-0.05, 0) is 93.9 Å². The largest absolute Gasteiger partial charge is 0.380 e. The summed E-state index contributed by atoms with van der Waals surface area (Å²) in [5.74, 6) is 1.09. The molecular weight excluding hydrogens is 382 g/mol. The molecule has 0 aliphatic carbocycles. The second-order valence-corrected chi connectivity index (χ2v) is 9.63. The van der Waals surface area contributed by atoms with E-state index in [1.807, 2.05) is 0 Å². The predicted octanol–water partition coefficient (Wildman–Crippen LogP) is 6.18. The van der Waals surface area contributed by atoms with E-state index in [2.05, 4.69) is 79.8 Å². The second-order valence-electron chi connectivity index (χ2n) is 9.63. The summed E-state index contributed by atoms with van der Waals surface area (Å²) in [6, 6.07) is 11.5. The maximum absolute atomic E-state index is 5.45. The van der Waals surface area contributed by atoms with Crippen LogP contribution in [0.1, 0.15) is 68.0 Å². The monoisotopic (exact) mass is 419 g/mol. The number of piperidine rings is 1. The summed E-state index contributed by atoms with van der Waals surface area (Å²) in [5, 5.41) is 1.38. The van der Waals surface area contributed by atoms with Crippen LogP contribution >= 0.6 is 0 Å². The Balaban J connectivity index is 1.64. The summed E-state index contributed by atoms with van der Waals surface area (Å²) in [6.07, 6.45) is 2.75. The van der Waals surface area contributed by atoms with Crippen molar-refractivity contribution in [2.45, 2.75) is 65.4 Å². The number of pyridine rings is 1. The first-order valence-corrected chi connectivity index (χ1v) is 11.7. The number of hydrogen-bond donors (Lipinski definition) is 1. The first-order valence-electron chi connectivity index (χ1n) is 11.7. The van der Waals surface area contributed by atoms with Crippen LogP contribution in [0.25, 0.3) is 22.2 Å². The number of aromatic amines is 1. The number of aryl methyl sites for hydroxylation is 2. The first kappa shape index (κ1) is 22.0. The number of benzene rings is 1. The van der Waals surface area contributed by atoms with Crippen LogP contribution in [0.3, 0.4) is 0 Å². The Labute approximate surface area is 187 Å². The van der Waals surface area contributed by atoms with Gasteiger partial charge in [-0.2, -0.15) is 0 Å². The van der Waals surface area contributed by atoms with Crippen molar-refractivity contribution >= 4 is 10.9 Å². The van der Waals surface area contributed by atoms with Gasteiger partial charge < -0.3 is 14.6 Å². The van der Waals surface area contributed by atoms with Crippen LogP contribution in [0, 0.1) is 13.8 Å². The molecular formula is C27H37N3O. The van der Waals surface area contributed by atoms with Crippen molar-refractivity contribution in [2.75, 3.05) is 26.7 Å². The van der Waals surface area contributed by atoms with Crippen LogP contribution in [0.15, 0.2) is 30.3 Å². The highest BCUT2D eigenvalue weighted by Crippen LogP contribution is 2.38. The van der Waals surface area contributed by atoms with Crippen molar-refractivity contribution in [1.82, 2.24) is 14.9 Å². The molecule has 166 valence electrons. The van der Waals surface area contributed by atoms with Crippen molar-refractivity contribution < 1.29 is 4.74 Å². The summed E-state index contributed by atoms with van der Waals surface area (Å²) in [7, 11) is 1.80. The zero-order chi connectivity index (χ0) is 22.1. The first-order chi connectivity index (χ1) is 14.9. The fourth-order valence-electron chi connectivity index (χ4n) is 5.18. The van der Waals surface area contributed by atoms with Crippen LogP contribution < -0.4 is 0 Å². The molecule has 1 aliphatic heterocycles. The summed E-state index contributed by atoms with van der Waals surface area (Å²) >= 11 is 0. The molecule has 0 bridgehead atoms. The molecule has 1 N–H and O–H groups in total. The molecule has 1 fully saturated rings. The van der Waals surface area contributed by atoms with Gasteiger partial charge in [0.2, 0.25) is 0 Å². The molecule has 1 atom stereocenters. The van der Waals surface area contributed by atoms with Crippen LogP contribution in [0.2, 0.25) is 0 Å². The molecule has 3 heterocycles. The molecule has 4 nitrogen and oxygen atoms in total. The summed E-state index contributed by atoms with van der Waals surface area (Å²) < 4.78 is 5.45. The average molecular weight is 420 g/mol. The molecule has 1 unspecified atom stereocenters. The third-order valence-electron chi connectivity index (χ3n) is 6.79. The summed E-state index contributed by atoms with van der Waals surface area (Å²) in [6.45, 7) is 14.2. The Kier molecular flexibility index (Phi) is 6.49. The normalized spacial score (nSPS) is 17.0. The van der Waals surface area contributed by atoms with Gasteiger partial charge >= 0.3 is 0 Å². The second kappa shape index (κ2) is 9.13. The molecule has 4 heteroatoms. The van der Waals surface area contributed by atoms with E-state index < -0.39 is 0 Å². The van der Waals surface area contributed by atoms with Gasteiger partial charge in [0.1, 0.15) is 0 Å². The SMILES string of the molecule is COC(C)CN1CCC(c2ccc3[nH]c(-c4cc(C)nc(C)c4)c(C(C)C)c3c2)CC1. The smallest absolute Gasteiger partial charge is 0.0670 e. The minimum atomic E-state index is 0.306. The Morgan fingerprint density at radius 1 is 1.06 bits per heavy atom. The lowest BCUT2D eigenvalue weighted by molar-refractivity contribution is 0.0675. The predicted molar refractivity (Wildman–Crippen MR) is 130 cm³/mol. The van der Waals surface area contributed by atoms with Gasteiger partial charge in [0.25, 0.3) is 0 Å². The number of hydrogen-bond acceptors (Lipinski definition) is 3. The Morgan fingerprint density at radius 2 is 1.74 bits per heavy atom. The molecule has 31 heavy (non-hydrogen) atoms. The van der Waals surface area contributed by atoms with Crippen molar-refractivity contribution in [2.24, 2.45) is 0 Å². The van der Waals surface area contributed by atoms with Crippen molar-refractivity contribution in [1.29, 1.82) is 0 Å². The molecule has 4 rings (SSSR count). The Bertz CT molecular complexity index is 1020. The highest BCUT2D eigenvalue weighted by atomic mass is 16.5. The lowest BCUT2D eigenvalue weighted by Crippen LogP contribution is -2.38. The van der Waals surface area contributed by atoms with Crippen molar-refractivity contribution in [3.63, 3.8) is 0 Å². The zero-order valence-corrected chi connectivity index (χ0v) is 20.0. The number of nitrogens with one attached hydrogen (secondary N) is 1. The van der Waals surface area contributed by atoms with E-state index in [9.17, 15) is 0 Å². The molecule has 1 saturated heterocycles. The maximum Gasteiger partial charge on any atom is 0.0670 e. The molecule has 0 saturated carbocycles. The van der Waals surface area contributed by atoms with Crippen LogP contribution in [0.4, 0.5) is 0 Å². The molecule has 0 spiro atoms. The van der Waals surface area contributed by atoms with Gasteiger partial charge in [-0.1, -0.05) is 19.9 Å². The number of nitrogens with zero attached hydrogens (tertiary/aromatic N) is 2. The number of rotatable bonds is 6. The maximum atomic E-state index is 5.45. The third-order valence-corrected chi connectivity index (χ3v) is 6.79. The quantitative estimate of drug-likeness (QED) is 0.518. The van der Waals surface area contributed by atoms with E-state index in [0.717, 1.165) is 31.0 Å². The Hall–Kier alpha value is -2.17. The minimum absolute atomic E-state index is 0.306. The Morgan fingerprint density at radius 3 is 2.35 bits per heavy atom. The average Bonchev–Trinajstić information content (AvgIpc) is 3.12. The zero-order valence-electron chi connectivity index (χ0n) is 20.0. The lowest BCUT2D eigenvalue weighted by atomic mass is 9.87. The van der Waals surface area contributed by atoms with Crippen LogP contribution in [0.5, 0.6) is 0 Å². The number of fused-ring (bicyclic) bond motifs is 1. The number of methoxy groups -OCH3 is 1. The van der Waals surface area contributed by atoms with Crippen LogP contribution in [-0.2, 0) is 4.74 Å². The molecule has 3 aromatic rings. The van der Waals surface area contributed by atoms with Gasteiger partial charge in [0.15, 0.2) is 0 Å². The molecule has 0 radical (unpaired) electrons. The van der Waals surface area contributed by atoms with Gasteiger partial charge in [-0.3, -0.25) is 4.98 Å². The van der Waals surface area contributed by atoms with Gasteiger partial charge in [0, 0.05) is 41.5 Å². The van der Waals surface area contributed by atoms with Gasteiger partial charge in [0.05, 0.1) is 11.8 Å². The highest BCUT2D eigenvalue weighted by molar-refractivity contribution is 5.92.